The molecular formula is C10H7F3INO3. The van der Waals surface area contributed by atoms with Crippen LogP contribution in [0.3, 0.4) is 0 Å². The molecule has 1 aromatic carbocycles. The molecule has 0 spiro atoms. The number of alkyl halides is 3. The van der Waals surface area contributed by atoms with Crippen molar-refractivity contribution in [3.05, 3.63) is 32.3 Å². The van der Waals surface area contributed by atoms with E-state index in [1.165, 1.54) is 0 Å². The van der Waals surface area contributed by atoms with Crippen LogP contribution in [0.15, 0.2) is 27.4 Å². The summed E-state index contributed by atoms with van der Waals surface area (Å²) in [7, 11) is 0. The zero-order valence-electron chi connectivity index (χ0n) is 8.83. The predicted octanol–water partition coefficient (Wildman–Crippen LogP) is 2.74. The standard InChI is InChI=1S/C10H7F3INO3/c11-10(12,13)17-4-3-15-7-5-6(14)1-2-8(7)18-9(15)16/h1-2,5H,3-4H2. The van der Waals surface area contributed by atoms with E-state index in [4.69, 9.17) is 4.42 Å². The molecule has 4 nitrogen and oxygen atoms in total. The fraction of sp³-hybridized carbons (Fsp3) is 0.300. The number of halogens is 4. The second-order valence-electron chi connectivity index (χ2n) is 3.43. The molecule has 2 rings (SSSR count). The fourth-order valence-corrected chi connectivity index (χ4v) is 1.97. The lowest BCUT2D eigenvalue weighted by atomic mass is 10.3. The molecule has 0 radical (unpaired) electrons. The number of hydrogen-bond acceptors (Lipinski definition) is 3. The van der Waals surface area contributed by atoms with Crippen LogP contribution in [0.2, 0.25) is 0 Å². The smallest absolute Gasteiger partial charge is 0.408 e. The Labute approximate surface area is 112 Å². The van der Waals surface area contributed by atoms with E-state index >= 15 is 0 Å². The number of hydrogen-bond donors (Lipinski definition) is 0. The molecule has 1 aromatic heterocycles. The fourth-order valence-electron chi connectivity index (χ4n) is 1.50. The third kappa shape index (κ3) is 3.05. The zero-order valence-corrected chi connectivity index (χ0v) is 11.0. The lowest BCUT2D eigenvalue weighted by Crippen LogP contribution is -2.21. The summed E-state index contributed by atoms with van der Waals surface area (Å²) in [6.45, 7) is -0.852. The van der Waals surface area contributed by atoms with E-state index in [2.05, 4.69) is 4.74 Å². The lowest BCUT2D eigenvalue weighted by molar-refractivity contribution is -0.325. The molecule has 0 saturated heterocycles. The van der Waals surface area contributed by atoms with Crippen LogP contribution >= 0.6 is 22.6 Å². The highest BCUT2D eigenvalue weighted by Gasteiger charge is 2.28. The summed E-state index contributed by atoms with van der Waals surface area (Å²) in [5, 5.41) is 0. The van der Waals surface area contributed by atoms with E-state index in [1.54, 1.807) is 18.2 Å². The second kappa shape index (κ2) is 4.92. The Morgan fingerprint density at radius 3 is 2.78 bits per heavy atom. The van der Waals surface area contributed by atoms with Gasteiger partial charge in [-0.25, -0.2) is 4.79 Å². The third-order valence-corrected chi connectivity index (χ3v) is 2.88. The van der Waals surface area contributed by atoms with E-state index in [0.717, 1.165) is 8.14 Å². The van der Waals surface area contributed by atoms with Gasteiger partial charge in [0.2, 0.25) is 0 Å². The Hall–Kier alpha value is -1.03. The van der Waals surface area contributed by atoms with Crippen LogP contribution in [0.25, 0.3) is 11.1 Å². The summed E-state index contributed by atoms with van der Waals surface area (Å²) in [6, 6.07) is 5.00. The Bertz CT molecular complexity index is 617. The van der Waals surface area contributed by atoms with Crippen LogP contribution in [0.4, 0.5) is 13.2 Å². The molecule has 0 aliphatic rings. The van der Waals surface area contributed by atoms with Gasteiger partial charge >= 0.3 is 12.1 Å². The van der Waals surface area contributed by atoms with Gasteiger partial charge in [-0.2, -0.15) is 0 Å². The Balaban J connectivity index is 2.25. The van der Waals surface area contributed by atoms with Gasteiger partial charge in [-0.05, 0) is 40.8 Å². The summed E-state index contributed by atoms with van der Waals surface area (Å²) in [4.78, 5) is 11.5. The maximum atomic E-state index is 11.8. The first-order valence-corrected chi connectivity index (χ1v) is 5.94. The molecule has 0 atom stereocenters. The minimum absolute atomic E-state index is 0.217. The SMILES string of the molecule is O=c1oc2ccc(I)cc2n1CCOC(F)(F)F. The van der Waals surface area contributed by atoms with Gasteiger partial charge in [0.05, 0.1) is 18.7 Å². The highest BCUT2D eigenvalue weighted by atomic mass is 127. The topological polar surface area (TPSA) is 44.4 Å². The minimum Gasteiger partial charge on any atom is -0.408 e. The van der Waals surface area contributed by atoms with Gasteiger partial charge < -0.3 is 4.42 Å². The first-order chi connectivity index (χ1) is 8.37. The van der Waals surface area contributed by atoms with E-state index < -0.39 is 18.7 Å². The molecule has 0 saturated carbocycles. The van der Waals surface area contributed by atoms with Crippen LogP contribution < -0.4 is 5.76 Å². The van der Waals surface area contributed by atoms with E-state index in [1.807, 2.05) is 22.6 Å². The first kappa shape index (κ1) is 13.4. The average Bonchev–Trinajstić information content (AvgIpc) is 2.54. The molecule has 0 aliphatic heterocycles. The average molecular weight is 373 g/mol. The quantitative estimate of drug-likeness (QED) is 0.778. The van der Waals surface area contributed by atoms with Crippen molar-refractivity contribution in [2.45, 2.75) is 12.9 Å². The van der Waals surface area contributed by atoms with Crippen molar-refractivity contribution in [2.75, 3.05) is 6.61 Å². The summed E-state index contributed by atoms with van der Waals surface area (Å²) < 4.78 is 46.0. The van der Waals surface area contributed by atoms with Crippen LogP contribution in [0, 0.1) is 3.57 Å². The summed E-state index contributed by atoms with van der Waals surface area (Å²) in [5.41, 5.74) is 0.796. The largest absolute Gasteiger partial charge is 0.522 e. The summed E-state index contributed by atoms with van der Waals surface area (Å²) in [6.07, 6.45) is -4.70. The molecule has 0 N–H and O–H groups in total. The van der Waals surface area contributed by atoms with E-state index in [9.17, 15) is 18.0 Å². The summed E-state index contributed by atoms with van der Waals surface area (Å²) >= 11 is 2.04. The third-order valence-electron chi connectivity index (χ3n) is 2.21. The number of aromatic nitrogens is 1. The molecule has 2 aromatic rings. The summed E-state index contributed by atoms with van der Waals surface area (Å²) in [5.74, 6) is -0.697. The first-order valence-electron chi connectivity index (χ1n) is 4.86. The molecule has 18 heavy (non-hydrogen) atoms. The predicted molar refractivity (Wildman–Crippen MR) is 65.2 cm³/mol. The van der Waals surface area contributed by atoms with Gasteiger partial charge in [0, 0.05) is 3.57 Å². The highest BCUT2D eigenvalue weighted by Crippen LogP contribution is 2.18. The highest BCUT2D eigenvalue weighted by molar-refractivity contribution is 14.1. The Kier molecular flexibility index (Phi) is 3.66. The molecular weight excluding hydrogens is 366 g/mol. The number of ether oxygens (including phenoxy) is 1. The van der Waals surface area contributed by atoms with Crippen LogP contribution in [-0.2, 0) is 11.3 Å². The van der Waals surface area contributed by atoms with Crippen molar-refractivity contribution in [1.82, 2.24) is 4.57 Å². The molecule has 0 fully saturated rings. The van der Waals surface area contributed by atoms with Crippen molar-refractivity contribution >= 4 is 33.7 Å². The van der Waals surface area contributed by atoms with Crippen molar-refractivity contribution in [3.8, 4) is 0 Å². The van der Waals surface area contributed by atoms with E-state index in [-0.39, 0.29) is 6.54 Å². The molecule has 0 bridgehead atoms. The van der Waals surface area contributed by atoms with Gasteiger partial charge in [-0.15, -0.1) is 13.2 Å². The normalized spacial score (nSPS) is 12.2. The number of nitrogens with zero attached hydrogens (tertiary/aromatic N) is 1. The molecule has 98 valence electrons. The molecule has 1 heterocycles. The van der Waals surface area contributed by atoms with Gasteiger partial charge in [0.1, 0.15) is 0 Å². The maximum absolute atomic E-state index is 11.8. The van der Waals surface area contributed by atoms with Crippen molar-refractivity contribution in [2.24, 2.45) is 0 Å². The number of rotatable bonds is 3. The molecule has 8 heteroatoms. The van der Waals surface area contributed by atoms with Crippen LogP contribution in [-0.4, -0.2) is 17.5 Å². The maximum Gasteiger partial charge on any atom is 0.522 e. The molecule has 0 unspecified atom stereocenters. The number of benzene rings is 1. The minimum atomic E-state index is -4.70. The van der Waals surface area contributed by atoms with Crippen molar-refractivity contribution in [3.63, 3.8) is 0 Å². The van der Waals surface area contributed by atoms with Gasteiger partial charge in [0.15, 0.2) is 5.58 Å². The van der Waals surface area contributed by atoms with Crippen LogP contribution in [0.1, 0.15) is 0 Å². The monoisotopic (exact) mass is 373 g/mol. The Morgan fingerprint density at radius 2 is 2.11 bits per heavy atom. The number of oxazole rings is 1. The Morgan fingerprint density at radius 1 is 1.39 bits per heavy atom. The van der Waals surface area contributed by atoms with Crippen LogP contribution in [0.5, 0.6) is 0 Å². The molecule has 0 amide bonds. The number of fused-ring (bicyclic) bond motifs is 1. The van der Waals surface area contributed by atoms with E-state index in [0.29, 0.717) is 11.1 Å². The lowest BCUT2D eigenvalue weighted by Gasteiger charge is -2.07. The molecule has 0 aliphatic carbocycles. The van der Waals surface area contributed by atoms with Gasteiger partial charge in [0.25, 0.3) is 0 Å². The van der Waals surface area contributed by atoms with Gasteiger partial charge in [-0.3, -0.25) is 9.30 Å². The van der Waals surface area contributed by atoms with Crippen molar-refractivity contribution in [1.29, 1.82) is 0 Å². The second-order valence-corrected chi connectivity index (χ2v) is 4.67. The van der Waals surface area contributed by atoms with Crippen molar-refractivity contribution < 1.29 is 22.3 Å². The zero-order chi connectivity index (χ0) is 13.3. The van der Waals surface area contributed by atoms with Gasteiger partial charge in [-0.1, -0.05) is 0 Å².